The molecule has 0 aromatic heterocycles. The van der Waals surface area contributed by atoms with E-state index in [1.165, 1.54) is 0 Å². The molecule has 165 valence electrons. The largest absolute Gasteiger partial charge is 0.386 e. The molecule has 2 N–H and O–H groups in total. The van der Waals surface area contributed by atoms with Crippen LogP contribution in [0.25, 0.3) is 0 Å². The van der Waals surface area contributed by atoms with Crippen molar-refractivity contribution < 1.29 is 24.9 Å². The fourth-order valence-corrected chi connectivity index (χ4v) is 2.96. The molecule has 0 aliphatic rings. The van der Waals surface area contributed by atoms with Crippen molar-refractivity contribution in [3.63, 3.8) is 0 Å². The molecule has 0 aromatic carbocycles. The van der Waals surface area contributed by atoms with Gasteiger partial charge in [-0.3, -0.25) is 25.0 Å². The Morgan fingerprint density at radius 1 is 0.862 bits per heavy atom. The maximum atomic E-state index is 11.2. The smallest absolute Gasteiger partial charge is 0.238 e. The quantitative estimate of drug-likeness (QED) is 0.152. The first kappa shape index (κ1) is 26.9. The third-order valence-electron chi connectivity index (χ3n) is 4.74. The van der Waals surface area contributed by atoms with Crippen molar-refractivity contribution in [2.75, 3.05) is 0 Å². The molecular formula is C20H33N2O7. The van der Waals surface area contributed by atoms with Gasteiger partial charge in [-0.1, -0.05) is 44.1 Å². The summed E-state index contributed by atoms with van der Waals surface area (Å²) in [5.41, 5.74) is 0. The molecule has 0 amide bonds. The molecule has 0 aromatic rings. The molecule has 0 heterocycles. The maximum Gasteiger partial charge on any atom is 0.238 e. The van der Waals surface area contributed by atoms with E-state index in [0.29, 0.717) is 25.7 Å². The SMILES string of the molecule is CCC(C(O)C/C=C\C/C=C\CC(O)C(CCCCCC[C]=O)[N+](=O)[O-])[N+](=O)[O-]. The molecule has 0 aliphatic heterocycles. The molecule has 9 nitrogen and oxygen atoms in total. The van der Waals surface area contributed by atoms with Crippen LogP contribution in [0.3, 0.4) is 0 Å². The van der Waals surface area contributed by atoms with Gasteiger partial charge < -0.3 is 10.2 Å². The molecule has 0 fully saturated rings. The zero-order chi connectivity index (χ0) is 22.1. The highest BCUT2D eigenvalue weighted by Gasteiger charge is 2.28. The number of aliphatic hydroxyl groups excluding tert-OH is 2. The Hall–Kier alpha value is -2.13. The van der Waals surface area contributed by atoms with E-state index in [4.69, 9.17) is 0 Å². The first-order valence-electron chi connectivity index (χ1n) is 10.1. The summed E-state index contributed by atoms with van der Waals surface area (Å²) in [7, 11) is 0. The average molecular weight is 413 g/mol. The van der Waals surface area contributed by atoms with E-state index in [1.54, 1.807) is 31.2 Å². The van der Waals surface area contributed by atoms with E-state index in [0.717, 1.165) is 19.3 Å². The Bertz CT molecular complexity index is 537. The molecule has 9 heteroatoms. The second-order valence-corrected chi connectivity index (χ2v) is 7.00. The van der Waals surface area contributed by atoms with Gasteiger partial charge in [-0.2, -0.15) is 0 Å². The summed E-state index contributed by atoms with van der Waals surface area (Å²) < 4.78 is 0. The van der Waals surface area contributed by atoms with Crippen LogP contribution >= 0.6 is 0 Å². The van der Waals surface area contributed by atoms with Gasteiger partial charge in [0.1, 0.15) is 12.2 Å². The highest BCUT2D eigenvalue weighted by atomic mass is 16.6. The number of allylic oxidation sites excluding steroid dienone is 2. The normalized spacial score (nSPS) is 16.0. The number of unbranched alkanes of at least 4 members (excludes halogenated alkanes) is 4. The van der Waals surface area contributed by atoms with Gasteiger partial charge >= 0.3 is 0 Å². The molecule has 29 heavy (non-hydrogen) atoms. The van der Waals surface area contributed by atoms with E-state index < -0.39 is 34.1 Å². The van der Waals surface area contributed by atoms with Gasteiger partial charge in [-0.15, -0.1) is 0 Å². The Kier molecular flexibility index (Phi) is 15.6. The van der Waals surface area contributed by atoms with E-state index in [1.807, 2.05) is 6.29 Å². The van der Waals surface area contributed by atoms with Crippen LogP contribution in [0.2, 0.25) is 0 Å². The van der Waals surface area contributed by atoms with Crippen LogP contribution in [0.5, 0.6) is 0 Å². The zero-order valence-electron chi connectivity index (χ0n) is 17.0. The fourth-order valence-electron chi connectivity index (χ4n) is 2.96. The van der Waals surface area contributed by atoms with Crippen LogP contribution in [-0.2, 0) is 4.79 Å². The Morgan fingerprint density at radius 3 is 1.86 bits per heavy atom. The van der Waals surface area contributed by atoms with Crippen LogP contribution in [0, 0.1) is 20.2 Å². The van der Waals surface area contributed by atoms with Crippen molar-refractivity contribution in [2.24, 2.45) is 0 Å². The minimum Gasteiger partial charge on any atom is -0.386 e. The third-order valence-corrected chi connectivity index (χ3v) is 4.74. The van der Waals surface area contributed by atoms with Crippen molar-refractivity contribution >= 4 is 6.29 Å². The summed E-state index contributed by atoms with van der Waals surface area (Å²) in [5.74, 6) is 0. The van der Waals surface area contributed by atoms with Crippen LogP contribution < -0.4 is 0 Å². The van der Waals surface area contributed by atoms with E-state index >= 15 is 0 Å². The second-order valence-electron chi connectivity index (χ2n) is 7.00. The minimum absolute atomic E-state index is 0.168. The number of aliphatic hydroxyl groups is 2. The predicted octanol–water partition coefficient (Wildman–Crippen LogP) is 3.14. The van der Waals surface area contributed by atoms with E-state index in [9.17, 15) is 35.2 Å². The summed E-state index contributed by atoms with van der Waals surface area (Å²) in [6.45, 7) is 1.65. The minimum atomic E-state index is -1.07. The van der Waals surface area contributed by atoms with Crippen molar-refractivity contribution in [2.45, 2.75) is 95.4 Å². The summed E-state index contributed by atoms with van der Waals surface area (Å²) >= 11 is 0. The first-order valence-corrected chi connectivity index (χ1v) is 10.1. The maximum absolute atomic E-state index is 11.2. The third kappa shape index (κ3) is 12.8. The second kappa shape index (κ2) is 16.8. The molecule has 0 bridgehead atoms. The summed E-state index contributed by atoms with van der Waals surface area (Å²) in [4.78, 5) is 31.1. The summed E-state index contributed by atoms with van der Waals surface area (Å²) in [6, 6.07) is -2.00. The molecule has 4 atom stereocenters. The standard InChI is InChI=1S/C20H33N2O7/c1-2-17(21(26)27)19(24)14-10-6-3-7-11-15-20(25)18(22(28)29)13-9-5-4-8-12-16-23/h6-7,10-11,17-20,24-25H,2-5,8-9,12-15H2,1H3/b10-6-,11-7-. The van der Waals surface area contributed by atoms with Crippen LogP contribution in [0.1, 0.15) is 71.1 Å². The molecule has 4 unspecified atom stereocenters. The highest BCUT2D eigenvalue weighted by Crippen LogP contribution is 2.14. The van der Waals surface area contributed by atoms with Gasteiger partial charge in [0, 0.05) is 29.1 Å². The zero-order valence-corrected chi connectivity index (χ0v) is 17.0. The molecule has 0 rings (SSSR count). The number of carbonyl (C=O) groups excluding carboxylic acids is 1. The summed E-state index contributed by atoms with van der Waals surface area (Å²) in [6.07, 6.45) is 11.3. The Labute approximate surface area is 171 Å². The molecular weight excluding hydrogens is 380 g/mol. The van der Waals surface area contributed by atoms with Gasteiger partial charge in [0.25, 0.3) is 0 Å². The van der Waals surface area contributed by atoms with Gasteiger partial charge in [-0.25, -0.2) is 0 Å². The van der Waals surface area contributed by atoms with Crippen molar-refractivity contribution in [1.82, 2.24) is 0 Å². The summed E-state index contributed by atoms with van der Waals surface area (Å²) in [5, 5.41) is 41.8. The lowest BCUT2D eigenvalue weighted by Gasteiger charge is -2.14. The molecule has 0 aliphatic carbocycles. The highest BCUT2D eigenvalue weighted by molar-refractivity contribution is 5.50. The fraction of sp³-hybridized carbons (Fsp3) is 0.750. The lowest BCUT2D eigenvalue weighted by atomic mass is 10.0. The monoisotopic (exact) mass is 413 g/mol. The number of hydrogen-bond acceptors (Lipinski definition) is 7. The number of hydrogen-bond donors (Lipinski definition) is 2. The van der Waals surface area contributed by atoms with Crippen LogP contribution in [0.4, 0.5) is 0 Å². The average Bonchev–Trinajstić information content (AvgIpc) is 2.66. The Morgan fingerprint density at radius 2 is 1.38 bits per heavy atom. The molecule has 0 saturated heterocycles. The first-order chi connectivity index (χ1) is 13.8. The number of rotatable bonds is 18. The predicted molar refractivity (Wildman–Crippen MR) is 109 cm³/mol. The van der Waals surface area contributed by atoms with E-state index in [-0.39, 0.29) is 19.3 Å². The lowest BCUT2D eigenvalue weighted by Crippen LogP contribution is -2.33. The van der Waals surface area contributed by atoms with Crippen LogP contribution in [0.15, 0.2) is 24.3 Å². The van der Waals surface area contributed by atoms with Crippen LogP contribution in [-0.4, -0.2) is 50.6 Å². The molecule has 0 spiro atoms. The van der Waals surface area contributed by atoms with Gasteiger partial charge in [0.05, 0.1) is 0 Å². The van der Waals surface area contributed by atoms with Crippen molar-refractivity contribution in [3.8, 4) is 0 Å². The lowest BCUT2D eigenvalue weighted by molar-refractivity contribution is -0.535. The number of nitrogens with zero attached hydrogens (tertiary/aromatic N) is 2. The topological polar surface area (TPSA) is 144 Å². The van der Waals surface area contributed by atoms with Gasteiger partial charge in [0.15, 0.2) is 6.29 Å². The number of nitro groups is 2. The van der Waals surface area contributed by atoms with Crippen molar-refractivity contribution in [1.29, 1.82) is 0 Å². The van der Waals surface area contributed by atoms with Gasteiger partial charge in [-0.05, 0) is 32.1 Å². The van der Waals surface area contributed by atoms with Crippen molar-refractivity contribution in [3.05, 3.63) is 44.5 Å². The molecule has 1 radical (unpaired) electrons. The molecule has 0 saturated carbocycles. The van der Waals surface area contributed by atoms with E-state index in [2.05, 4.69) is 0 Å². The van der Waals surface area contributed by atoms with Gasteiger partial charge in [0.2, 0.25) is 12.1 Å². The Balaban J connectivity index is 4.19.